The molecule has 1 saturated heterocycles. The summed E-state index contributed by atoms with van der Waals surface area (Å²) >= 11 is 0. The summed E-state index contributed by atoms with van der Waals surface area (Å²) in [6, 6.07) is 73.9. The molecule has 0 N–H and O–H groups in total. The van der Waals surface area contributed by atoms with Crippen LogP contribution in [0.15, 0.2) is 200 Å². The Bertz CT molecular complexity index is 3630. The van der Waals surface area contributed by atoms with Crippen LogP contribution < -0.4 is 18.5 Å². The van der Waals surface area contributed by atoms with Crippen LogP contribution in [0, 0.1) is 0 Å². The molecule has 0 saturated carbocycles. The number of para-hydroxylation sites is 5. The molecule has 1 fully saturated rings. The van der Waals surface area contributed by atoms with Crippen LogP contribution in [-0.2, 0) is 5.41 Å². The number of quaternary nitrogens is 3. The lowest BCUT2D eigenvalue weighted by molar-refractivity contribution is -0.793. The van der Waals surface area contributed by atoms with Crippen molar-refractivity contribution in [1.29, 1.82) is 0 Å². The number of aromatic nitrogens is 2. The minimum Gasteiger partial charge on any atom is -0.181 e. The van der Waals surface area contributed by atoms with E-state index in [1.165, 1.54) is 112 Å². The van der Waals surface area contributed by atoms with Gasteiger partial charge < -0.3 is 0 Å². The molecule has 0 radical (unpaired) electrons. The quantitative estimate of drug-likeness (QED) is 0.0955. The predicted molar refractivity (Wildman–Crippen MR) is 258 cm³/mol. The lowest BCUT2D eigenvalue weighted by Gasteiger charge is -2.35. The average molecular weight is 810 g/mol. The smallest absolute Gasteiger partial charge is 0.181 e. The van der Waals surface area contributed by atoms with Crippen LogP contribution in [0.25, 0.3) is 72.1 Å². The van der Waals surface area contributed by atoms with Crippen molar-refractivity contribution < 1.29 is 4.68 Å². The number of hydrogen-bond acceptors (Lipinski definition) is 0. The van der Waals surface area contributed by atoms with Crippen molar-refractivity contribution in [2.45, 2.75) is 32.5 Å². The Morgan fingerprint density at radius 1 is 0.444 bits per heavy atom. The second kappa shape index (κ2) is 11.1. The van der Waals surface area contributed by atoms with Crippen LogP contribution in [0.4, 0.5) is 34.1 Å². The third-order valence-corrected chi connectivity index (χ3v) is 15.3. The number of benzene rings is 8. The summed E-state index contributed by atoms with van der Waals surface area (Å²) in [5.41, 5.74) is 22.1. The summed E-state index contributed by atoms with van der Waals surface area (Å²) in [6.45, 7) is 7.03. The first-order chi connectivity index (χ1) is 30.9. The van der Waals surface area contributed by atoms with E-state index in [2.05, 4.69) is 230 Å². The van der Waals surface area contributed by atoms with Crippen molar-refractivity contribution in [3.05, 3.63) is 206 Å². The molecule has 8 aromatic carbocycles. The third-order valence-electron chi connectivity index (χ3n) is 15.3. The Morgan fingerprint density at radius 2 is 1.00 bits per heavy atom. The first-order valence-electron chi connectivity index (χ1n) is 22.3. The SMILES string of the molecule is CC(C)(C)c1cc[n+]2c(c1)-n1c3ccccc3c3ccc4c(c31)[N@+]21c2c(cccc2[N+]23c5ccccc5[N+]2(c2c(-c5ccccc5)cccc2-c2ccccc2)C31)-c1ccccc1-4. The molecule has 0 aliphatic carbocycles. The fourth-order valence-corrected chi connectivity index (χ4v) is 13.1. The maximum Gasteiger partial charge on any atom is 0.498 e. The van der Waals surface area contributed by atoms with Crippen LogP contribution in [0.1, 0.15) is 26.3 Å². The van der Waals surface area contributed by atoms with Crippen molar-refractivity contribution >= 4 is 55.9 Å². The predicted octanol–water partition coefficient (Wildman–Crippen LogP) is 14.3. The second-order valence-corrected chi connectivity index (χ2v) is 19.1. The van der Waals surface area contributed by atoms with E-state index in [0.29, 0.717) is 13.8 Å². The third kappa shape index (κ3) is 3.61. The normalized spacial score (nSPS) is 22.2. The average Bonchev–Trinajstić information content (AvgIpc) is 3.57. The highest BCUT2D eigenvalue weighted by Crippen LogP contribution is 2.86. The van der Waals surface area contributed by atoms with E-state index in [1.807, 2.05) is 0 Å². The highest BCUT2D eigenvalue weighted by molar-refractivity contribution is 6.20. The molecule has 7 heterocycles. The molecule has 10 aromatic rings. The Balaban J connectivity index is 1.20. The molecule has 296 valence electrons. The summed E-state index contributed by atoms with van der Waals surface area (Å²) in [6.07, 6.45) is 2.39. The van der Waals surface area contributed by atoms with E-state index in [0.717, 1.165) is 0 Å². The molecule has 2 aromatic heterocycles. The lowest BCUT2D eigenvalue weighted by Crippen LogP contribution is -2.74. The van der Waals surface area contributed by atoms with Crippen LogP contribution in [-0.4, -0.2) is 10.9 Å². The van der Waals surface area contributed by atoms with Crippen LogP contribution in [0.3, 0.4) is 0 Å². The van der Waals surface area contributed by atoms with Gasteiger partial charge >= 0.3 is 12.1 Å². The highest BCUT2D eigenvalue weighted by Gasteiger charge is 3.11. The van der Waals surface area contributed by atoms with Gasteiger partial charge in [0.1, 0.15) is 5.52 Å². The van der Waals surface area contributed by atoms with Gasteiger partial charge in [-0.25, -0.2) is 0 Å². The van der Waals surface area contributed by atoms with Gasteiger partial charge in [0, 0.05) is 59.9 Å². The zero-order valence-corrected chi connectivity index (χ0v) is 35.4. The van der Waals surface area contributed by atoms with E-state index in [9.17, 15) is 0 Å². The van der Waals surface area contributed by atoms with Gasteiger partial charge in [0.05, 0.1) is 11.1 Å². The van der Waals surface area contributed by atoms with Crippen molar-refractivity contribution in [2.75, 3.05) is 0 Å². The number of rotatable bonds is 3. The number of fused-ring (bicyclic) bond motifs is 11. The van der Waals surface area contributed by atoms with Crippen LogP contribution >= 0.6 is 0 Å². The van der Waals surface area contributed by atoms with Crippen molar-refractivity contribution in [3.8, 4) is 50.3 Å². The van der Waals surface area contributed by atoms with E-state index in [4.69, 9.17) is 0 Å². The van der Waals surface area contributed by atoms with E-state index >= 15 is 0 Å². The molecule has 5 aliphatic heterocycles. The molecule has 15 rings (SSSR count). The van der Waals surface area contributed by atoms with Crippen molar-refractivity contribution in [2.24, 2.45) is 0 Å². The Hall–Kier alpha value is -7.41. The molecule has 2 spiro atoms. The second-order valence-electron chi connectivity index (χ2n) is 19.1. The van der Waals surface area contributed by atoms with Crippen molar-refractivity contribution in [3.63, 3.8) is 0 Å². The molecule has 0 bridgehead atoms. The van der Waals surface area contributed by atoms with Gasteiger partial charge in [-0.15, -0.1) is 0 Å². The van der Waals surface area contributed by atoms with Gasteiger partial charge in [-0.05, 0) is 86.4 Å². The number of pyridine rings is 1. The first kappa shape index (κ1) is 34.2. The zero-order chi connectivity index (χ0) is 41.6. The minimum atomic E-state index is -0.0689. The maximum atomic E-state index is 2.70. The summed E-state index contributed by atoms with van der Waals surface area (Å²) in [4.78, 5) is 0. The number of hydrogen-bond donors (Lipinski definition) is 0. The molecule has 5 nitrogen and oxygen atoms in total. The Labute approximate surface area is 366 Å². The molecule has 3 unspecified atom stereocenters. The molecule has 63 heavy (non-hydrogen) atoms. The molecular weight excluding hydrogens is 767 g/mol. The van der Waals surface area contributed by atoms with E-state index in [1.54, 1.807) is 0 Å². The Kier molecular flexibility index (Phi) is 6.05. The van der Waals surface area contributed by atoms with Gasteiger partial charge in [0.2, 0.25) is 16.9 Å². The zero-order valence-electron chi connectivity index (χ0n) is 35.4. The molecule has 5 aliphatic rings. The molecular formula is C58H43N5+4. The molecule has 4 atom stereocenters. The van der Waals surface area contributed by atoms with Gasteiger partial charge in [0.15, 0.2) is 6.20 Å². The fourth-order valence-electron chi connectivity index (χ4n) is 13.1. The fraction of sp³-hybridized carbons (Fsp3) is 0.0862. The maximum absolute atomic E-state index is 2.70. The summed E-state index contributed by atoms with van der Waals surface area (Å²) in [7, 11) is 0. The monoisotopic (exact) mass is 809 g/mol. The van der Waals surface area contributed by atoms with E-state index < -0.39 is 0 Å². The minimum absolute atomic E-state index is 0.0640. The van der Waals surface area contributed by atoms with E-state index in [-0.39, 0.29) is 11.7 Å². The Morgan fingerprint density at radius 3 is 1.70 bits per heavy atom. The number of nitrogens with zero attached hydrogens (tertiary/aromatic N) is 5. The highest BCUT2D eigenvalue weighted by atomic mass is 16.2. The molecule has 0 amide bonds. The topological polar surface area (TPSA) is 8.81 Å². The summed E-state index contributed by atoms with van der Waals surface area (Å²) < 4.78 is 7.18. The van der Waals surface area contributed by atoms with Crippen molar-refractivity contribution in [1.82, 2.24) is 18.3 Å². The van der Waals surface area contributed by atoms with Gasteiger partial charge in [-0.1, -0.05) is 142 Å². The first-order valence-corrected chi connectivity index (χ1v) is 22.3. The molecule has 5 heteroatoms. The van der Waals surface area contributed by atoms with Gasteiger partial charge in [0.25, 0.3) is 22.7 Å². The largest absolute Gasteiger partial charge is 0.498 e. The van der Waals surface area contributed by atoms with Crippen LogP contribution in [0.5, 0.6) is 0 Å². The van der Waals surface area contributed by atoms with Gasteiger partial charge in [-0.3, -0.25) is 0 Å². The summed E-state index contributed by atoms with van der Waals surface area (Å²) in [5.74, 6) is 1.19. The van der Waals surface area contributed by atoms with Gasteiger partial charge in [-0.2, -0.15) is 4.57 Å². The lowest BCUT2D eigenvalue weighted by atomic mass is 9.87. The summed E-state index contributed by atoms with van der Waals surface area (Å²) in [5, 5.41) is 2.58. The standard InChI is InChI=1S/C58H43N5/c1-58(2,3)39-34-35-59-52(36-39)60-48-28-13-12-24-44(48)45-32-33-47-43-23-11-10-22-42(43)46-27-17-31-51-55(46)61(59,56(47)53(45)60)57-62(51)49-29-14-15-30-50(49)63(57,62)54-40(37-18-6-4-7-19-37)25-16-26-41(54)38-20-8-5-9-21-38/h4-36,57H,1-3H3/q+4/t57?,61-,62?,63?/m0/s1. The van der Waals surface area contributed by atoms with Crippen LogP contribution in [0.2, 0.25) is 0 Å².